The lowest BCUT2D eigenvalue weighted by Gasteiger charge is -2.40. The Morgan fingerprint density at radius 1 is 1.42 bits per heavy atom. The first kappa shape index (κ1) is 16.1. The zero-order valence-electron chi connectivity index (χ0n) is 14.6. The van der Waals surface area contributed by atoms with Gasteiger partial charge in [0.05, 0.1) is 0 Å². The molecule has 2 aliphatic rings. The van der Waals surface area contributed by atoms with Gasteiger partial charge in [0.1, 0.15) is 0 Å². The second kappa shape index (κ2) is 6.49. The van der Waals surface area contributed by atoms with E-state index in [0.29, 0.717) is 11.7 Å². The summed E-state index contributed by atoms with van der Waals surface area (Å²) in [6.45, 7) is 7.43. The number of Topliss-reactive ketones (excluding diaryl/α,β-unsaturated/α-hetero) is 1. The van der Waals surface area contributed by atoms with Crippen molar-refractivity contribution in [2.75, 3.05) is 19.6 Å². The zero-order valence-corrected chi connectivity index (χ0v) is 15.4. The number of ketones is 1. The summed E-state index contributed by atoms with van der Waals surface area (Å²) in [5.74, 6) is 1.14. The molecule has 0 saturated carbocycles. The molecule has 2 unspecified atom stereocenters. The van der Waals surface area contributed by atoms with Crippen LogP contribution in [0, 0.1) is 18.8 Å². The largest absolute Gasteiger partial charge is 0.362 e. The van der Waals surface area contributed by atoms with Gasteiger partial charge in [-0.05, 0) is 62.1 Å². The SMILES string of the molecule is CCc1c(C)[nH]c2c1C(=O)C1CN(CCc3cccs3)CCC1C2. The first-order valence-corrected chi connectivity index (χ1v) is 10.0. The van der Waals surface area contributed by atoms with Crippen LogP contribution in [0.15, 0.2) is 17.5 Å². The standard InChI is InChI=1S/C20H26N2OS/c1-3-16-13(2)21-18-11-14-6-8-22(9-7-15-5-4-10-24-15)12-17(14)20(23)19(16)18/h4-5,10,14,17,21H,3,6-9,11-12H2,1-2H3. The summed E-state index contributed by atoms with van der Waals surface area (Å²) in [5, 5.41) is 2.15. The van der Waals surface area contributed by atoms with E-state index < -0.39 is 0 Å². The summed E-state index contributed by atoms with van der Waals surface area (Å²) in [6.07, 6.45) is 4.27. The van der Waals surface area contributed by atoms with Crippen molar-refractivity contribution in [3.63, 3.8) is 0 Å². The lowest BCUT2D eigenvalue weighted by molar-refractivity contribution is 0.0663. The van der Waals surface area contributed by atoms with Gasteiger partial charge in [0.15, 0.2) is 5.78 Å². The number of carbonyl (C=O) groups is 1. The summed E-state index contributed by atoms with van der Waals surface area (Å²) < 4.78 is 0. The third-order valence-electron chi connectivity index (χ3n) is 5.89. The molecule has 0 bridgehead atoms. The summed E-state index contributed by atoms with van der Waals surface area (Å²) >= 11 is 1.84. The molecule has 1 fully saturated rings. The fraction of sp³-hybridized carbons (Fsp3) is 0.550. The minimum atomic E-state index is 0.204. The summed E-state index contributed by atoms with van der Waals surface area (Å²) in [5.41, 5.74) is 4.70. The topological polar surface area (TPSA) is 36.1 Å². The third kappa shape index (κ3) is 2.76. The second-order valence-corrected chi connectivity index (χ2v) is 8.32. The van der Waals surface area contributed by atoms with Crippen molar-refractivity contribution >= 4 is 17.1 Å². The van der Waals surface area contributed by atoms with Crippen molar-refractivity contribution in [1.29, 1.82) is 0 Å². The second-order valence-electron chi connectivity index (χ2n) is 7.29. The Labute approximate surface area is 148 Å². The molecule has 1 saturated heterocycles. The molecule has 2 aromatic heterocycles. The fourth-order valence-corrected chi connectivity index (χ4v) is 5.31. The molecule has 1 N–H and O–H groups in total. The lowest BCUT2D eigenvalue weighted by atomic mass is 9.72. The number of nitrogens with zero attached hydrogens (tertiary/aromatic N) is 1. The van der Waals surface area contributed by atoms with Crippen LogP contribution in [0.3, 0.4) is 0 Å². The van der Waals surface area contributed by atoms with Crippen LogP contribution in [-0.4, -0.2) is 35.3 Å². The van der Waals surface area contributed by atoms with Crippen molar-refractivity contribution in [2.45, 2.75) is 39.5 Å². The number of aryl methyl sites for hydroxylation is 1. The Morgan fingerprint density at radius 3 is 3.04 bits per heavy atom. The van der Waals surface area contributed by atoms with Crippen molar-refractivity contribution < 1.29 is 4.79 Å². The zero-order chi connectivity index (χ0) is 16.7. The normalized spacial score (nSPS) is 24.0. The van der Waals surface area contributed by atoms with E-state index in [2.05, 4.69) is 41.2 Å². The molecule has 4 rings (SSSR count). The first-order valence-electron chi connectivity index (χ1n) is 9.16. The predicted octanol–water partition coefficient (Wildman–Crippen LogP) is 3.87. The maximum absolute atomic E-state index is 13.2. The Kier molecular flexibility index (Phi) is 4.35. The number of piperidine rings is 1. The molecular weight excluding hydrogens is 316 g/mol. The maximum Gasteiger partial charge on any atom is 0.169 e. The van der Waals surface area contributed by atoms with Crippen LogP contribution in [0.5, 0.6) is 0 Å². The molecule has 24 heavy (non-hydrogen) atoms. The molecule has 3 heterocycles. The van der Waals surface area contributed by atoms with Crippen LogP contribution in [-0.2, 0) is 19.3 Å². The number of aromatic amines is 1. The number of fused-ring (bicyclic) bond motifs is 2. The molecule has 1 aliphatic carbocycles. The van der Waals surface area contributed by atoms with Crippen molar-refractivity contribution in [3.05, 3.63) is 44.9 Å². The van der Waals surface area contributed by atoms with Crippen LogP contribution < -0.4 is 0 Å². The van der Waals surface area contributed by atoms with Crippen LogP contribution in [0.2, 0.25) is 0 Å². The highest BCUT2D eigenvalue weighted by molar-refractivity contribution is 7.09. The number of likely N-dealkylation sites (tertiary alicyclic amines) is 1. The number of carbonyl (C=O) groups excluding carboxylic acids is 1. The average Bonchev–Trinajstić information content (AvgIpc) is 3.20. The van der Waals surface area contributed by atoms with Gasteiger partial charge < -0.3 is 9.88 Å². The maximum atomic E-state index is 13.2. The molecule has 0 aromatic carbocycles. The van der Waals surface area contributed by atoms with Gasteiger partial charge in [0, 0.05) is 40.8 Å². The van der Waals surface area contributed by atoms with Crippen LogP contribution in [0.1, 0.15) is 45.5 Å². The highest BCUT2D eigenvalue weighted by Gasteiger charge is 2.41. The quantitative estimate of drug-likeness (QED) is 0.916. The highest BCUT2D eigenvalue weighted by atomic mass is 32.1. The summed E-state index contributed by atoms with van der Waals surface area (Å²) in [7, 11) is 0. The van der Waals surface area contributed by atoms with E-state index in [1.165, 1.54) is 21.8 Å². The van der Waals surface area contributed by atoms with E-state index in [4.69, 9.17) is 0 Å². The number of rotatable bonds is 4. The minimum absolute atomic E-state index is 0.204. The van der Waals surface area contributed by atoms with Gasteiger partial charge >= 0.3 is 0 Å². The molecule has 0 radical (unpaired) electrons. The molecule has 128 valence electrons. The van der Waals surface area contributed by atoms with Gasteiger partial charge in [-0.3, -0.25) is 4.79 Å². The molecule has 3 nitrogen and oxygen atoms in total. The van der Waals surface area contributed by atoms with Gasteiger partial charge in [-0.15, -0.1) is 11.3 Å². The van der Waals surface area contributed by atoms with Crippen LogP contribution in [0.4, 0.5) is 0 Å². The van der Waals surface area contributed by atoms with Crippen molar-refractivity contribution in [1.82, 2.24) is 9.88 Å². The van der Waals surface area contributed by atoms with E-state index in [-0.39, 0.29) is 5.92 Å². The van der Waals surface area contributed by atoms with Crippen molar-refractivity contribution in [2.24, 2.45) is 11.8 Å². The molecule has 0 spiro atoms. The van der Waals surface area contributed by atoms with Gasteiger partial charge in [-0.2, -0.15) is 0 Å². The number of H-pyrrole nitrogens is 1. The Balaban J connectivity index is 1.50. The van der Waals surface area contributed by atoms with E-state index >= 15 is 0 Å². The number of hydrogen-bond acceptors (Lipinski definition) is 3. The number of hydrogen-bond donors (Lipinski definition) is 1. The van der Waals surface area contributed by atoms with E-state index in [0.717, 1.165) is 50.9 Å². The molecule has 4 heteroatoms. The van der Waals surface area contributed by atoms with Gasteiger partial charge in [0.2, 0.25) is 0 Å². The van der Waals surface area contributed by atoms with Crippen LogP contribution in [0.25, 0.3) is 0 Å². The van der Waals surface area contributed by atoms with Gasteiger partial charge in [0.25, 0.3) is 0 Å². The summed E-state index contributed by atoms with van der Waals surface area (Å²) in [4.78, 5) is 20.6. The molecule has 2 atom stereocenters. The Hall–Kier alpha value is -1.39. The molecule has 2 aromatic rings. The fourth-order valence-electron chi connectivity index (χ4n) is 4.61. The number of aromatic nitrogens is 1. The number of nitrogens with one attached hydrogen (secondary N) is 1. The van der Waals surface area contributed by atoms with E-state index in [9.17, 15) is 4.79 Å². The monoisotopic (exact) mass is 342 g/mol. The minimum Gasteiger partial charge on any atom is -0.362 e. The Bertz CT molecular complexity index is 731. The lowest BCUT2D eigenvalue weighted by Crippen LogP contribution is -2.47. The van der Waals surface area contributed by atoms with E-state index in [1.54, 1.807) is 0 Å². The van der Waals surface area contributed by atoms with E-state index in [1.807, 2.05) is 11.3 Å². The third-order valence-corrected chi connectivity index (χ3v) is 6.83. The average molecular weight is 343 g/mol. The van der Waals surface area contributed by atoms with Gasteiger partial charge in [-0.1, -0.05) is 13.0 Å². The van der Waals surface area contributed by atoms with Crippen LogP contribution >= 0.6 is 11.3 Å². The van der Waals surface area contributed by atoms with Crippen molar-refractivity contribution in [3.8, 4) is 0 Å². The number of thiophene rings is 1. The Morgan fingerprint density at radius 2 is 2.29 bits per heavy atom. The molecule has 1 aliphatic heterocycles. The molecule has 0 amide bonds. The summed E-state index contributed by atoms with van der Waals surface area (Å²) in [6, 6.07) is 4.34. The smallest absolute Gasteiger partial charge is 0.169 e. The predicted molar refractivity (Wildman–Crippen MR) is 99.0 cm³/mol. The molecular formula is C20H26N2OS. The highest BCUT2D eigenvalue weighted by Crippen LogP contribution is 2.38. The van der Waals surface area contributed by atoms with Gasteiger partial charge in [-0.25, -0.2) is 0 Å². The first-order chi connectivity index (χ1) is 11.7.